The van der Waals surface area contributed by atoms with Gasteiger partial charge >= 0.3 is 0 Å². The predicted octanol–water partition coefficient (Wildman–Crippen LogP) is 5.18. The number of hydrogen-bond acceptors (Lipinski definition) is 2. The fourth-order valence-corrected chi connectivity index (χ4v) is 3.68. The van der Waals surface area contributed by atoms with Gasteiger partial charge in [-0.3, -0.25) is 4.79 Å². The third kappa shape index (κ3) is 4.50. The molecule has 1 heterocycles. The maximum Gasteiger partial charge on any atom is 0.224 e. The van der Waals surface area contributed by atoms with E-state index in [1.807, 2.05) is 12.1 Å². The van der Waals surface area contributed by atoms with Crippen LogP contribution >= 0.6 is 0 Å². The molecule has 1 amide bonds. The molecule has 1 aromatic rings. The average molecular weight is 324 g/mol. The number of carbonyl (C=O) groups excluding carboxylic acids is 1. The normalized spacial score (nSPS) is 18.0. The maximum absolute atomic E-state index is 12.3. The van der Waals surface area contributed by atoms with Crippen LogP contribution in [0, 0.1) is 12.8 Å². The Hall–Kier alpha value is -2.03. The number of rotatable bonds is 5. The summed E-state index contributed by atoms with van der Waals surface area (Å²) in [4.78, 5) is 14.5. The molecular weight excluding hydrogens is 296 g/mol. The molecule has 1 fully saturated rings. The van der Waals surface area contributed by atoms with Crippen molar-refractivity contribution in [2.75, 3.05) is 16.8 Å². The van der Waals surface area contributed by atoms with Crippen molar-refractivity contribution in [3.63, 3.8) is 0 Å². The smallest absolute Gasteiger partial charge is 0.224 e. The van der Waals surface area contributed by atoms with Crippen LogP contribution < -0.4 is 10.2 Å². The van der Waals surface area contributed by atoms with Gasteiger partial charge in [0.15, 0.2) is 0 Å². The Morgan fingerprint density at radius 1 is 1.21 bits per heavy atom. The third-order valence-electron chi connectivity index (χ3n) is 5.12. The number of allylic oxidation sites excluding steroid dienone is 2. The van der Waals surface area contributed by atoms with Crippen molar-refractivity contribution in [3.8, 4) is 0 Å². The van der Waals surface area contributed by atoms with E-state index in [4.69, 9.17) is 0 Å². The van der Waals surface area contributed by atoms with Crippen molar-refractivity contribution in [1.29, 1.82) is 0 Å². The number of carbonyl (C=O) groups is 1. The minimum absolute atomic E-state index is 0.143. The molecule has 3 heteroatoms. The fraction of sp³-hybridized carbons (Fsp3) is 0.476. The first-order valence-corrected chi connectivity index (χ1v) is 9.23. The molecule has 0 spiro atoms. The Kier molecular flexibility index (Phi) is 5.73. The summed E-state index contributed by atoms with van der Waals surface area (Å²) in [5, 5.41) is 3.08. The Bertz CT molecular complexity index is 627. The predicted molar refractivity (Wildman–Crippen MR) is 101 cm³/mol. The molecule has 1 aromatic carbocycles. The monoisotopic (exact) mass is 324 g/mol. The lowest BCUT2D eigenvalue weighted by molar-refractivity contribution is -0.116. The summed E-state index contributed by atoms with van der Waals surface area (Å²) in [6, 6.07) is 6.16. The molecule has 2 aliphatic rings. The highest BCUT2D eigenvalue weighted by molar-refractivity contribution is 5.91. The van der Waals surface area contributed by atoms with Gasteiger partial charge in [0.2, 0.25) is 5.91 Å². The van der Waals surface area contributed by atoms with Gasteiger partial charge in [-0.1, -0.05) is 50.3 Å². The quantitative estimate of drug-likeness (QED) is 0.809. The van der Waals surface area contributed by atoms with E-state index in [1.54, 1.807) is 0 Å². The third-order valence-corrected chi connectivity index (χ3v) is 5.12. The molecule has 1 aliphatic heterocycles. The van der Waals surface area contributed by atoms with Gasteiger partial charge < -0.3 is 10.2 Å². The van der Waals surface area contributed by atoms with Crippen molar-refractivity contribution >= 4 is 17.3 Å². The second-order valence-corrected chi connectivity index (χ2v) is 7.01. The summed E-state index contributed by atoms with van der Waals surface area (Å²) >= 11 is 0. The molecule has 3 rings (SSSR count). The van der Waals surface area contributed by atoms with E-state index in [-0.39, 0.29) is 5.91 Å². The molecule has 0 atom stereocenters. The summed E-state index contributed by atoms with van der Waals surface area (Å²) in [7, 11) is 0. The van der Waals surface area contributed by atoms with E-state index in [1.165, 1.54) is 37.7 Å². The van der Waals surface area contributed by atoms with Gasteiger partial charge in [0, 0.05) is 30.5 Å². The number of aryl methyl sites for hydroxylation is 1. The Morgan fingerprint density at radius 2 is 2.04 bits per heavy atom. The minimum atomic E-state index is 0.143. The molecule has 128 valence electrons. The molecular formula is C21H28N2O. The van der Waals surface area contributed by atoms with E-state index in [0.29, 0.717) is 6.42 Å². The van der Waals surface area contributed by atoms with Crippen LogP contribution in [0.2, 0.25) is 0 Å². The Balaban J connectivity index is 1.57. The second kappa shape index (κ2) is 8.18. The van der Waals surface area contributed by atoms with E-state index in [0.717, 1.165) is 30.3 Å². The zero-order valence-electron chi connectivity index (χ0n) is 14.6. The first kappa shape index (κ1) is 16.8. The Labute approximate surface area is 145 Å². The van der Waals surface area contributed by atoms with Gasteiger partial charge in [-0.15, -0.1) is 0 Å². The Morgan fingerprint density at radius 3 is 2.79 bits per heavy atom. The highest BCUT2D eigenvalue weighted by Gasteiger charge is 2.15. The van der Waals surface area contributed by atoms with Crippen LogP contribution in [0.15, 0.2) is 42.6 Å². The number of amides is 1. The summed E-state index contributed by atoms with van der Waals surface area (Å²) in [5.41, 5.74) is 3.27. The van der Waals surface area contributed by atoms with Gasteiger partial charge in [0.05, 0.1) is 0 Å². The van der Waals surface area contributed by atoms with Crippen LogP contribution in [0.25, 0.3) is 0 Å². The number of hydrogen-bond donors (Lipinski definition) is 1. The van der Waals surface area contributed by atoms with Crippen LogP contribution in [0.4, 0.5) is 11.4 Å². The molecule has 3 nitrogen and oxygen atoms in total. The van der Waals surface area contributed by atoms with Gasteiger partial charge in [-0.25, -0.2) is 0 Å². The van der Waals surface area contributed by atoms with E-state index in [2.05, 4.69) is 47.6 Å². The molecule has 0 saturated heterocycles. The second-order valence-electron chi connectivity index (χ2n) is 7.01. The van der Waals surface area contributed by atoms with Crippen molar-refractivity contribution < 1.29 is 4.79 Å². The lowest BCUT2D eigenvalue weighted by Crippen LogP contribution is -2.19. The average Bonchev–Trinajstić information content (AvgIpc) is 2.63. The molecule has 0 radical (unpaired) electrons. The summed E-state index contributed by atoms with van der Waals surface area (Å²) in [6.45, 7) is 2.98. The highest BCUT2D eigenvalue weighted by Crippen LogP contribution is 2.28. The van der Waals surface area contributed by atoms with Crippen molar-refractivity contribution in [2.24, 2.45) is 5.92 Å². The number of nitrogens with one attached hydrogen (secondary N) is 1. The first-order chi connectivity index (χ1) is 11.7. The largest absolute Gasteiger partial charge is 0.344 e. The molecule has 0 aromatic heterocycles. The molecule has 0 unspecified atom stereocenters. The SMILES string of the molecule is Cc1ccc(NC(=O)CCC2CCCCC2)cc1N1C=CC=CC1. The van der Waals surface area contributed by atoms with Gasteiger partial charge in [-0.2, -0.15) is 0 Å². The molecule has 1 saturated carbocycles. The summed E-state index contributed by atoms with van der Waals surface area (Å²) < 4.78 is 0. The zero-order chi connectivity index (χ0) is 16.8. The van der Waals surface area contributed by atoms with Gasteiger partial charge in [0.1, 0.15) is 0 Å². The molecule has 0 bridgehead atoms. The maximum atomic E-state index is 12.3. The number of anilines is 2. The van der Waals surface area contributed by atoms with Gasteiger partial charge in [-0.05, 0) is 43.0 Å². The molecule has 1 N–H and O–H groups in total. The van der Waals surface area contributed by atoms with Crippen molar-refractivity contribution in [2.45, 2.75) is 51.9 Å². The van der Waals surface area contributed by atoms with E-state index >= 15 is 0 Å². The topological polar surface area (TPSA) is 32.3 Å². The summed E-state index contributed by atoms with van der Waals surface area (Å²) in [6.07, 6.45) is 16.6. The minimum Gasteiger partial charge on any atom is -0.344 e. The van der Waals surface area contributed by atoms with Crippen molar-refractivity contribution in [1.82, 2.24) is 0 Å². The van der Waals surface area contributed by atoms with Gasteiger partial charge in [0.25, 0.3) is 0 Å². The van der Waals surface area contributed by atoms with Crippen LogP contribution in [0.1, 0.15) is 50.5 Å². The van der Waals surface area contributed by atoms with E-state index < -0.39 is 0 Å². The lowest BCUT2D eigenvalue weighted by Gasteiger charge is -2.23. The first-order valence-electron chi connectivity index (χ1n) is 9.23. The molecule has 1 aliphatic carbocycles. The van der Waals surface area contributed by atoms with Crippen LogP contribution in [-0.4, -0.2) is 12.5 Å². The molecule has 24 heavy (non-hydrogen) atoms. The van der Waals surface area contributed by atoms with Crippen molar-refractivity contribution in [3.05, 3.63) is 48.2 Å². The van der Waals surface area contributed by atoms with Crippen LogP contribution in [0.3, 0.4) is 0 Å². The number of nitrogens with zero attached hydrogens (tertiary/aromatic N) is 1. The number of benzene rings is 1. The fourth-order valence-electron chi connectivity index (χ4n) is 3.68. The lowest BCUT2D eigenvalue weighted by atomic mass is 9.86. The van der Waals surface area contributed by atoms with Crippen LogP contribution in [-0.2, 0) is 4.79 Å². The standard InChI is InChI=1S/C21H28N2O/c1-17-10-12-19(16-20(17)23-14-6-3-7-15-23)22-21(24)13-11-18-8-4-2-5-9-18/h3,6-7,10,12,14,16,18H,2,4-5,8-9,11,13,15H2,1H3,(H,22,24). The highest BCUT2D eigenvalue weighted by atomic mass is 16.1. The summed E-state index contributed by atoms with van der Waals surface area (Å²) in [5.74, 6) is 0.896. The van der Waals surface area contributed by atoms with E-state index in [9.17, 15) is 4.79 Å². The zero-order valence-corrected chi connectivity index (χ0v) is 14.6. The van der Waals surface area contributed by atoms with Crippen LogP contribution in [0.5, 0.6) is 0 Å².